The molecule has 0 aromatic heterocycles. The molecule has 1 aliphatic carbocycles. The molecule has 0 bridgehead atoms. The number of nitrogens with one attached hydrogen (secondary N) is 1. The topological polar surface area (TPSA) is 55.1 Å². The molecule has 1 saturated carbocycles. The molecular formula is C16H24N2O. The minimum Gasteiger partial charge on any atom is -0.351 e. The van der Waals surface area contributed by atoms with Crippen molar-refractivity contribution in [1.82, 2.24) is 5.32 Å². The smallest absolute Gasteiger partial charge is 0.227 e. The molecule has 3 heteroatoms. The van der Waals surface area contributed by atoms with Crippen molar-refractivity contribution >= 4 is 5.91 Å². The van der Waals surface area contributed by atoms with Gasteiger partial charge in [-0.05, 0) is 30.7 Å². The van der Waals surface area contributed by atoms with Crippen molar-refractivity contribution in [2.75, 3.05) is 6.54 Å². The van der Waals surface area contributed by atoms with Crippen LogP contribution >= 0.6 is 0 Å². The summed E-state index contributed by atoms with van der Waals surface area (Å²) >= 11 is 0. The first-order valence-electron chi connectivity index (χ1n) is 7.31. The lowest BCUT2D eigenvalue weighted by Crippen LogP contribution is -2.43. The first-order valence-corrected chi connectivity index (χ1v) is 7.31. The van der Waals surface area contributed by atoms with E-state index in [1.165, 1.54) is 12.8 Å². The predicted octanol–water partition coefficient (Wildman–Crippen LogP) is 2.42. The molecule has 3 nitrogen and oxygen atoms in total. The van der Waals surface area contributed by atoms with Crippen LogP contribution < -0.4 is 11.1 Å². The number of hydrogen-bond donors (Lipinski definition) is 2. The summed E-state index contributed by atoms with van der Waals surface area (Å²) in [6.07, 6.45) is 4.29. The molecule has 1 aliphatic rings. The average Bonchev–Trinajstić information content (AvgIpc) is 3.27. The molecule has 3 N–H and O–H groups in total. The normalized spacial score (nSPS) is 17.8. The lowest BCUT2D eigenvalue weighted by atomic mass is 9.93. The van der Waals surface area contributed by atoms with Gasteiger partial charge in [0.15, 0.2) is 0 Å². The summed E-state index contributed by atoms with van der Waals surface area (Å²) in [6.45, 7) is 2.66. The van der Waals surface area contributed by atoms with Crippen molar-refractivity contribution in [3.8, 4) is 0 Å². The largest absolute Gasteiger partial charge is 0.351 e. The Kier molecular flexibility index (Phi) is 4.97. The molecule has 19 heavy (non-hydrogen) atoms. The van der Waals surface area contributed by atoms with Gasteiger partial charge in [0.2, 0.25) is 5.91 Å². The van der Waals surface area contributed by atoms with E-state index in [1.807, 2.05) is 30.3 Å². The summed E-state index contributed by atoms with van der Waals surface area (Å²) in [7, 11) is 0. The fourth-order valence-electron chi connectivity index (χ4n) is 2.57. The standard InChI is InChI=1S/C16H24N2O/c1-2-6-14(12-7-4-3-5-8-12)16(19)18-15(11-17)13-9-10-13/h3-5,7-8,13-15H,2,6,9-11,17H2,1H3,(H,18,19). The summed E-state index contributed by atoms with van der Waals surface area (Å²) < 4.78 is 0. The zero-order valence-electron chi connectivity index (χ0n) is 11.6. The van der Waals surface area contributed by atoms with Crippen LogP contribution in [0.25, 0.3) is 0 Å². The van der Waals surface area contributed by atoms with Crippen LogP contribution in [0.3, 0.4) is 0 Å². The molecule has 1 fully saturated rings. The summed E-state index contributed by atoms with van der Waals surface area (Å²) in [5.41, 5.74) is 6.87. The quantitative estimate of drug-likeness (QED) is 0.791. The molecule has 2 rings (SSSR count). The van der Waals surface area contributed by atoms with E-state index >= 15 is 0 Å². The van der Waals surface area contributed by atoms with Gasteiger partial charge in [-0.1, -0.05) is 43.7 Å². The van der Waals surface area contributed by atoms with Crippen LogP contribution in [-0.2, 0) is 4.79 Å². The fraction of sp³-hybridized carbons (Fsp3) is 0.562. The van der Waals surface area contributed by atoms with Gasteiger partial charge in [-0.2, -0.15) is 0 Å². The van der Waals surface area contributed by atoms with E-state index in [4.69, 9.17) is 5.73 Å². The Morgan fingerprint density at radius 1 is 1.37 bits per heavy atom. The van der Waals surface area contributed by atoms with E-state index in [-0.39, 0.29) is 17.9 Å². The molecule has 1 aromatic rings. The van der Waals surface area contributed by atoms with Crippen LogP contribution in [0.15, 0.2) is 30.3 Å². The lowest BCUT2D eigenvalue weighted by Gasteiger charge is -2.21. The Balaban J connectivity index is 2.03. The number of carbonyl (C=O) groups is 1. The third kappa shape index (κ3) is 3.80. The van der Waals surface area contributed by atoms with Crippen molar-refractivity contribution in [3.63, 3.8) is 0 Å². The average molecular weight is 260 g/mol. The zero-order valence-corrected chi connectivity index (χ0v) is 11.6. The second-order valence-electron chi connectivity index (χ2n) is 5.44. The SMILES string of the molecule is CCCC(C(=O)NC(CN)C1CC1)c1ccccc1. The number of carbonyl (C=O) groups excluding carboxylic acids is 1. The van der Waals surface area contributed by atoms with Crippen molar-refractivity contribution in [3.05, 3.63) is 35.9 Å². The molecule has 1 aromatic carbocycles. The highest BCUT2D eigenvalue weighted by Crippen LogP contribution is 2.32. The van der Waals surface area contributed by atoms with E-state index in [0.29, 0.717) is 12.5 Å². The summed E-state index contributed by atoms with van der Waals surface area (Å²) in [5.74, 6) is 0.696. The molecule has 104 valence electrons. The predicted molar refractivity (Wildman–Crippen MR) is 77.8 cm³/mol. The monoisotopic (exact) mass is 260 g/mol. The van der Waals surface area contributed by atoms with Crippen LogP contribution in [0.5, 0.6) is 0 Å². The Morgan fingerprint density at radius 3 is 2.58 bits per heavy atom. The van der Waals surface area contributed by atoms with Crippen LogP contribution in [0, 0.1) is 5.92 Å². The highest BCUT2D eigenvalue weighted by molar-refractivity contribution is 5.84. The van der Waals surface area contributed by atoms with Crippen molar-refractivity contribution in [2.24, 2.45) is 11.7 Å². The minimum absolute atomic E-state index is 0.0426. The lowest BCUT2D eigenvalue weighted by molar-refractivity contribution is -0.123. The molecule has 0 heterocycles. The second kappa shape index (κ2) is 6.71. The Bertz CT molecular complexity index is 400. The third-order valence-corrected chi connectivity index (χ3v) is 3.87. The number of amides is 1. The molecule has 0 saturated heterocycles. The maximum atomic E-state index is 12.5. The van der Waals surface area contributed by atoms with E-state index in [2.05, 4.69) is 12.2 Å². The Hall–Kier alpha value is -1.35. The molecule has 0 aliphatic heterocycles. The van der Waals surface area contributed by atoms with Crippen LogP contribution in [0.4, 0.5) is 0 Å². The first kappa shape index (κ1) is 14.1. The van der Waals surface area contributed by atoms with Gasteiger partial charge in [0.05, 0.1) is 5.92 Å². The van der Waals surface area contributed by atoms with E-state index in [0.717, 1.165) is 18.4 Å². The van der Waals surface area contributed by atoms with Gasteiger partial charge in [0, 0.05) is 12.6 Å². The maximum Gasteiger partial charge on any atom is 0.227 e. The summed E-state index contributed by atoms with van der Waals surface area (Å²) in [6, 6.07) is 10.2. The maximum absolute atomic E-state index is 12.5. The molecule has 2 atom stereocenters. The fourth-order valence-corrected chi connectivity index (χ4v) is 2.57. The summed E-state index contributed by atoms with van der Waals surface area (Å²) in [4.78, 5) is 12.5. The van der Waals surface area contributed by atoms with Gasteiger partial charge < -0.3 is 11.1 Å². The van der Waals surface area contributed by atoms with Gasteiger partial charge in [0.25, 0.3) is 0 Å². The molecule has 0 spiro atoms. The van der Waals surface area contributed by atoms with Gasteiger partial charge in [0.1, 0.15) is 0 Å². The van der Waals surface area contributed by atoms with E-state index < -0.39 is 0 Å². The van der Waals surface area contributed by atoms with Crippen LogP contribution in [0.1, 0.15) is 44.1 Å². The number of benzene rings is 1. The summed E-state index contributed by atoms with van der Waals surface area (Å²) in [5, 5.41) is 3.15. The minimum atomic E-state index is -0.0426. The van der Waals surface area contributed by atoms with E-state index in [9.17, 15) is 4.79 Å². The van der Waals surface area contributed by atoms with E-state index in [1.54, 1.807) is 0 Å². The van der Waals surface area contributed by atoms with Crippen LogP contribution in [-0.4, -0.2) is 18.5 Å². The first-order chi connectivity index (χ1) is 9.26. The van der Waals surface area contributed by atoms with Crippen molar-refractivity contribution in [2.45, 2.75) is 44.6 Å². The number of hydrogen-bond acceptors (Lipinski definition) is 2. The zero-order chi connectivity index (χ0) is 13.7. The van der Waals surface area contributed by atoms with Crippen LogP contribution in [0.2, 0.25) is 0 Å². The van der Waals surface area contributed by atoms with Gasteiger partial charge in [-0.15, -0.1) is 0 Å². The number of nitrogens with two attached hydrogens (primary N) is 1. The van der Waals surface area contributed by atoms with Gasteiger partial charge >= 0.3 is 0 Å². The Labute approximate surface area is 115 Å². The molecule has 0 radical (unpaired) electrons. The number of rotatable bonds is 7. The molecular weight excluding hydrogens is 236 g/mol. The van der Waals surface area contributed by atoms with Gasteiger partial charge in [-0.25, -0.2) is 0 Å². The Morgan fingerprint density at radius 2 is 2.05 bits per heavy atom. The second-order valence-corrected chi connectivity index (χ2v) is 5.44. The molecule has 1 amide bonds. The van der Waals surface area contributed by atoms with Gasteiger partial charge in [-0.3, -0.25) is 4.79 Å². The highest BCUT2D eigenvalue weighted by atomic mass is 16.1. The van der Waals surface area contributed by atoms with Crippen molar-refractivity contribution < 1.29 is 4.79 Å². The third-order valence-electron chi connectivity index (χ3n) is 3.87. The highest BCUT2D eigenvalue weighted by Gasteiger charge is 2.32. The van der Waals surface area contributed by atoms with Crippen molar-refractivity contribution in [1.29, 1.82) is 0 Å². The molecule has 2 unspecified atom stereocenters.